The van der Waals surface area contributed by atoms with Gasteiger partial charge in [0.1, 0.15) is 0 Å². The molecule has 1 aromatic carbocycles. The van der Waals surface area contributed by atoms with E-state index in [0.717, 1.165) is 56.2 Å². The summed E-state index contributed by atoms with van der Waals surface area (Å²) in [6.45, 7) is 1.37. The van der Waals surface area contributed by atoms with Crippen molar-refractivity contribution in [2.75, 3.05) is 37.2 Å². The van der Waals surface area contributed by atoms with Gasteiger partial charge in [-0.3, -0.25) is 0 Å². The van der Waals surface area contributed by atoms with Gasteiger partial charge in [-0.25, -0.2) is 29.3 Å². The van der Waals surface area contributed by atoms with Crippen LogP contribution in [0.1, 0.15) is 0 Å². The van der Waals surface area contributed by atoms with Crippen LogP contribution in [0.25, 0.3) is 11.4 Å². The fraction of sp³-hybridized carbons (Fsp3) is 0.100. The Hall–Kier alpha value is -5.55. The Morgan fingerprint density at radius 2 is 0.845 bits per heavy atom. The summed E-state index contributed by atoms with van der Waals surface area (Å²) >= 11 is 7.17. The molecule has 0 aliphatic carbocycles. The average Bonchev–Trinajstić information content (AvgIpc) is 4.11. The molecule has 0 fully saturated rings. The quantitative estimate of drug-likeness (QED) is 0.244. The van der Waals surface area contributed by atoms with Crippen molar-refractivity contribution in [2.24, 2.45) is 0 Å². The summed E-state index contributed by atoms with van der Waals surface area (Å²) < 4.78 is 3.79. The highest BCUT2D eigenvalue weighted by molar-refractivity contribution is 8.05. The van der Waals surface area contributed by atoms with E-state index < -0.39 is 0 Å². The average molecular weight is 827 g/mol. The highest BCUT2D eigenvalue weighted by atomic mass is 32.2. The van der Waals surface area contributed by atoms with Gasteiger partial charge in [-0.2, -0.15) is 10.2 Å². The first-order valence-corrected chi connectivity index (χ1v) is 22.0. The predicted molar refractivity (Wildman–Crippen MR) is 232 cm³/mol. The second kappa shape index (κ2) is 12.5. The highest BCUT2D eigenvalue weighted by Gasteiger charge is 2.49. The minimum Gasteiger partial charge on any atom is -0.361 e. The Bertz CT molecular complexity index is 2740. The van der Waals surface area contributed by atoms with Gasteiger partial charge in [-0.05, 0) is 69.2 Å². The minimum atomic E-state index is -0.0919. The lowest BCUT2D eigenvalue weighted by atomic mass is 9.34. The zero-order chi connectivity index (χ0) is 38.2. The molecule has 58 heavy (non-hydrogen) atoms. The first-order chi connectivity index (χ1) is 28.5. The fourth-order valence-corrected chi connectivity index (χ4v) is 13.9. The van der Waals surface area contributed by atoms with Crippen LogP contribution in [0.5, 0.6) is 0 Å². The molecule has 0 amide bonds. The largest absolute Gasteiger partial charge is 0.361 e. The van der Waals surface area contributed by atoms with Gasteiger partial charge in [0.15, 0.2) is 0 Å². The number of rotatable bonds is 4. The second-order valence-corrected chi connectivity index (χ2v) is 19.0. The number of aromatic nitrogens is 8. The number of hydrogen-bond donors (Lipinski definition) is 0. The number of anilines is 2. The molecule has 0 saturated carbocycles. The van der Waals surface area contributed by atoms with E-state index in [2.05, 4.69) is 93.0 Å². The van der Waals surface area contributed by atoms with E-state index in [1.54, 1.807) is 47.0 Å². The molecule has 6 aromatic heterocycles. The monoisotopic (exact) mass is 826 g/mol. The summed E-state index contributed by atoms with van der Waals surface area (Å²) in [4.78, 5) is 34.8. The molecule has 18 heteroatoms. The minimum absolute atomic E-state index is 0.0919. The number of nitrogens with zero attached hydrogens (tertiary/aromatic N) is 12. The number of benzene rings is 1. The van der Waals surface area contributed by atoms with Crippen molar-refractivity contribution >= 4 is 105 Å². The maximum atomic E-state index is 5.25. The van der Waals surface area contributed by atoms with Gasteiger partial charge in [-0.15, -0.1) is 0 Å². The fourth-order valence-electron chi connectivity index (χ4n) is 8.77. The summed E-state index contributed by atoms with van der Waals surface area (Å²) in [7, 11) is 4.19. The summed E-state index contributed by atoms with van der Waals surface area (Å²) in [5.41, 5.74) is 11.4. The van der Waals surface area contributed by atoms with E-state index in [1.807, 2.05) is 71.1 Å². The Labute approximate surface area is 351 Å². The molecule has 13 rings (SSSR count). The molecule has 0 spiro atoms. The van der Waals surface area contributed by atoms with Crippen molar-refractivity contribution in [1.82, 2.24) is 49.3 Å². The molecule has 7 aromatic rings. The van der Waals surface area contributed by atoms with Crippen LogP contribution in [-0.4, -0.2) is 90.2 Å². The van der Waals surface area contributed by atoms with E-state index in [9.17, 15) is 0 Å². The number of fused-ring (bicyclic) bond motifs is 10. The van der Waals surface area contributed by atoms with Crippen molar-refractivity contribution in [3.05, 3.63) is 111 Å². The molecule has 0 bridgehead atoms. The van der Waals surface area contributed by atoms with E-state index in [4.69, 9.17) is 19.9 Å². The zero-order valence-electron chi connectivity index (χ0n) is 31.0. The maximum absolute atomic E-state index is 5.25. The molecule has 0 N–H and O–H groups in total. The van der Waals surface area contributed by atoms with Crippen LogP contribution >= 0.6 is 47.0 Å². The van der Waals surface area contributed by atoms with Gasteiger partial charge in [0, 0.05) is 83.3 Å². The predicted octanol–water partition coefficient (Wildman–Crippen LogP) is 2.89. The van der Waals surface area contributed by atoms with Crippen LogP contribution in [0.2, 0.25) is 0 Å². The first kappa shape index (κ1) is 33.4. The maximum Gasteiger partial charge on any atom is 0.251 e. The molecule has 6 aliphatic heterocycles. The lowest BCUT2D eigenvalue weighted by Gasteiger charge is -2.40. The SMILES string of the molecule is CN1C=CN(c2cnc3c(c2)B2c4cc(-n5cccn5)cnc4Sc4c5c6c(c(c42)S3)Sc2ncc(N3C=CN(C)C3)cc2B6c2cc(-n3cccn3)cnc2S5)C1. The topological polar surface area (TPSA) is 100 Å². The van der Waals surface area contributed by atoms with Crippen LogP contribution in [0.15, 0.2) is 150 Å². The Morgan fingerprint density at radius 1 is 0.483 bits per heavy atom. The zero-order valence-corrected chi connectivity index (χ0v) is 34.2. The van der Waals surface area contributed by atoms with Gasteiger partial charge in [0.2, 0.25) is 0 Å². The Morgan fingerprint density at radius 3 is 1.17 bits per heavy atom. The van der Waals surface area contributed by atoms with Gasteiger partial charge in [-0.1, -0.05) is 47.0 Å². The molecular formula is C40H28B2N12S4. The molecule has 6 aliphatic rings. The van der Waals surface area contributed by atoms with Gasteiger partial charge in [0.05, 0.1) is 81.0 Å². The van der Waals surface area contributed by atoms with Crippen molar-refractivity contribution in [3.8, 4) is 11.4 Å². The van der Waals surface area contributed by atoms with Crippen molar-refractivity contribution in [1.29, 1.82) is 0 Å². The van der Waals surface area contributed by atoms with Crippen molar-refractivity contribution < 1.29 is 0 Å². The third-order valence-corrected chi connectivity index (χ3v) is 16.3. The highest BCUT2D eigenvalue weighted by Crippen LogP contribution is 2.50. The molecule has 12 heterocycles. The third-order valence-electron chi connectivity index (χ3n) is 11.4. The second-order valence-electron chi connectivity index (χ2n) is 15.0. The first-order valence-electron chi connectivity index (χ1n) is 18.8. The molecule has 0 saturated heterocycles. The lowest BCUT2D eigenvalue weighted by molar-refractivity contribution is 0.495. The molecule has 0 atom stereocenters. The van der Waals surface area contributed by atoms with Crippen molar-refractivity contribution in [3.63, 3.8) is 0 Å². The van der Waals surface area contributed by atoms with Crippen LogP contribution in [0, 0.1) is 0 Å². The summed E-state index contributed by atoms with van der Waals surface area (Å²) in [6, 6.07) is 13.2. The lowest BCUT2D eigenvalue weighted by Crippen LogP contribution is -2.63. The molecule has 0 radical (unpaired) electrons. The molecular weight excluding hydrogens is 798 g/mol. The normalized spacial score (nSPS) is 16.4. The van der Waals surface area contributed by atoms with Gasteiger partial charge >= 0.3 is 0 Å². The molecule has 0 unspecified atom stereocenters. The Balaban J connectivity index is 1.06. The molecule has 12 nitrogen and oxygen atoms in total. The van der Waals surface area contributed by atoms with Crippen LogP contribution in [0.4, 0.5) is 11.4 Å². The third kappa shape index (κ3) is 4.91. The van der Waals surface area contributed by atoms with Gasteiger partial charge < -0.3 is 19.6 Å². The number of hydrogen-bond acceptors (Lipinski definition) is 14. The van der Waals surface area contributed by atoms with Crippen LogP contribution in [-0.2, 0) is 0 Å². The van der Waals surface area contributed by atoms with E-state index in [-0.39, 0.29) is 13.4 Å². The van der Waals surface area contributed by atoms with E-state index in [0.29, 0.717) is 0 Å². The smallest absolute Gasteiger partial charge is 0.251 e. The Kier molecular flexibility index (Phi) is 7.19. The van der Waals surface area contributed by atoms with Crippen LogP contribution in [0.3, 0.4) is 0 Å². The summed E-state index contributed by atoms with van der Waals surface area (Å²) in [5, 5.41) is 13.2. The summed E-state index contributed by atoms with van der Waals surface area (Å²) in [6.07, 6.45) is 24.0. The van der Waals surface area contributed by atoms with Crippen molar-refractivity contribution in [2.45, 2.75) is 39.7 Å². The standard InChI is InChI=1S/C40H28B2N12S4/c1-49-9-11-51(21-49)23-13-27-37(43-17-23)55-33-31-35(57-39-29(41(27)31)15-25(19-45-39)53-7-3-5-47-53)36-32-34(33)56-38-28(14-24(18-44-38)52-12-10-50(2)22-52)42(32)30-16-26(20-46-40(30)58-36)54-8-4-6-48-54/h3-20H,21-22H2,1-2H3. The summed E-state index contributed by atoms with van der Waals surface area (Å²) in [5.74, 6) is 0. The molecule has 278 valence electrons. The van der Waals surface area contributed by atoms with E-state index in [1.165, 1.54) is 52.4 Å². The van der Waals surface area contributed by atoms with Gasteiger partial charge in [0.25, 0.3) is 13.4 Å². The van der Waals surface area contributed by atoms with Crippen LogP contribution < -0.4 is 42.6 Å². The number of pyridine rings is 4. The van der Waals surface area contributed by atoms with E-state index >= 15 is 0 Å².